The van der Waals surface area contributed by atoms with Gasteiger partial charge in [0.2, 0.25) is 0 Å². The molecule has 0 aliphatic rings. The van der Waals surface area contributed by atoms with Crippen LogP contribution in [0.25, 0.3) is 0 Å². The molecule has 0 atom stereocenters. The fourth-order valence-corrected chi connectivity index (χ4v) is 3.40. The number of hydrogen-bond acceptors (Lipinski definition) is 4. The molecule has 5 nitrogen and oxygen atoms in total. The summed E-state index contributed by atoms with van der Waals surface area (Å²) in [5.41, 5.74) is 2.43. The molecule has 0 aliphatic heterocycles. The van der Waals surface area contributed by atoms with E-state index in [1.807, 2.05) is 49.2 Å². The first-order chi connectivity index (χ1) is 12.0. The van der Waals surface area contributed by atoms with Crippen LogP contribution < -0.4 is 9.62 Å². The minimum atomic E-state index is -3.62. The van der Waals surface area contributed by atoms with Gasteiger partial charge in [-0.05, 0) is 43.3 Å². The van der Waals surface area contributed by atoms with Gasteiger partial charge in [0, 0.05) is 12.7 Å². The van der Waals surface area contributed by atoms with Crippen LogP contribution in [0.1, 0.15) is 5.56 Å². The van der Waals surface area contributed by atoms with Crippen molar-refractivity contribution in [3.8, 4) is 0 Å². The normalized spacial score (nSPS) is 11.1. The average Bonchev–Trinajstić information content (AvgIpc) is 2.62. The van der Waals surface area contributed by atoms with Crippen molar-refractivity contribution in [1.82, 2.24) is 4.98 Å². The number of para-hydroxylation sites is 1. The Morgan fingerprint density at radius 2 is 1.60 bits per heavy atom. The van der Waals surface area contributed by atoms with Crippen molar-refractivity contribution in [2.24, 2.45) is 0 Å². The fraction of sp³-hybridized carbons (Fsp3) is 0.105. The van der Waals surface area contributed by atoms with Crippen LogP contribution in [0.5, 0.6) is 0 Å². The van der Waals surface area contributed by atoms with E-state index < -0.39 is 10.0 Å². The number of nitrogens with zero attached hydrogens (tertiary/aromatic N) is 2. The second-order valence-electron chi connectivity index (χ2n) is 5.72. The molecule has 2 aromatic carbocycles. The second-order valence-corrected chi connectivity index (χ2v) is 7.40. The Morgan fingerprint density at radius 3 is 2.20 bits per heavy atom. The molecular formula is C19H19N3O2S. The average molecular weight is 353 g/mol. The summed E-state index contributed by atoms with van der Waals surface area (Å²) in [6.45, 7) is 1.91. The molecule has 3 aromatic rings. The van der Waals surface area contributed by atoms with Crippen LogP contribution >= 0.6 is 0 Å². The Bertz CT molecular complexity index is 938. The van der Waals surface area contributed by atoms with Crippen LogP contribution in [0, 0.1) is 6.92 Å². The summed E-state index contributed by atoms with van der Waals surface area (Å²) in [6, 6.07) is 20.0. The lowest BCUT2D eigenvalue weighted by Gasteiger charge is -2.18. The van der Waals surface area contributed by atoms with Crippen molar-refractivity contribution in [2.75, 3.05) is 16.7 Å². The molecule has 6 heteroatoms. The zero-order valence-corrected chi connectivity index (χ0v) is 14.9. The summed E-state index contributed by atoms with van der Waals surface area (Å²) in [5, 5.41) is 0. The zero-order valence-electron chi connectivity index (χ0n) is 14.0. The number of nitrogens with one attached hydrogen (secondary N) is 1. The highest BCUT2D eigenvalue weighted by atomic mass is 32.2. The van der Waals surface area contributed by atoms with Gasteiger partial charge in [0.25, 0.3) is 10.0 Å². The van der Waals surface area contributed by atoms with Gasteiger partial charge in [0.15, 0.2) is 0 Å². The summed E-state index contributed by atoms with van der Waals surface area (Å²) < 4.78 is 27.4. The highest BCUT2D eigenvalue weighted by Gasteiger charge is 2.14. The third kappa shape index (κ3) is 3.97. The zero-order chi connectivity index (χ0) is 17.9. The van der Waals surface area contributed by atoms with Gasteiger partial charge in [-0.25, -0.2) is 13.4 Å². The van der Waals surface area contributed by atoms with E-state index in [1.165, 1.54) is 6.20 Å². The molecule has 0 radical (unpaired) electrons. The Kier molecular flexibility index (Phi) is 4.72. The van der Waals surface area contributed by atoms with Gasteiger partial charge < -0.3 is 4.90 Å². The van der Waals surface area contributed by atoms with Crippen molar-refractivity contribution in [3.63, 3.8) is 0 Å². The molecule has 3 rings (SSSR count). The molecule has 0 aliphatic carbocycles. The Labute approximate surface area is 148 Å². The van der Waals surface area contributed by atoms with Gasteiger partial charge in [-0.2, -0.15) is 0 Å². The molecule has 0 saturated heterocycles. The molecule has 128 valence electrons. The monoisotopic (exact) mass is 353 g/mol. The van der Waals surface area contributed by atoms with Gasteiger partial charge in [-0.3, -0.25) is 4.72 Å². The van der Waals surface area contributed by atoms with Crippen molar-refractivity contribution in [1.29, 1.82) is 0 Å². The van der Waals surface area contributed by atoms with Crippen LogP contribution in [-0.2, 0) is 10.0 Å². The lowest BCUT2D eigenvalue weighted by atomic mass is 10.2. The van der Waals surface area contributed by atoms with E-state index in [9.17, 15) is 8.42 Å². The number of aryl methyl sites for hydroxylation is 1. The third-order valence-corrected chi connectivity index (χ3v) is 5.22. The molecule has 0 saturated carbocycles. The first-order valence-corrected chi connectivity index (χ1v) is 9.28. The number of aromatic nitrogens is 1. The lowest BCUT2D eigenvalue weighted by Crippen LogP contribution is -2.14. The molecule has 1 aromatic heterocycles. The van der Waals surface area contributed by atoms with Gasteiger partial charge in [-0.1, -0.05) is 35.9 Å². The van der Waals surface area contributed by atoms with Gasteiger partial charge in [-0.15, -0.1) is 0 Å². The smallest absolute Gasteiger partial charge is 0.261 e. The first-order valence-electron chi connectivity index (χ1n) is 7.80. The van der Waals surface area contributed by atoms with E-state index in [-0.39, 0.29) is 4.90 Å². The molecule has 1 heterocycles. The molecule has 0 fully saturated rings. The highest BCUT2D eigenvalue weighted by Crippen LogP contribution is 2.23. The second kappa shape index (κ2) is 6.94. The Hall–Kier alpha value is -2.86. The van der Waals surface area contributed by atoms with Gasteiger partial charge in [0.1, 0.15) is 5.82 Å². The van der Waals surface area contributed by atoms with E-state index in [4.69, 9.17) is 0 Å². The maximum Gasteiger partial charge on any atom is 0.261 e. The minimum Gasteiger partial charge on any atom is -0.329 e. The standard InChI is InChI=1S/C19H19N3O2S/c1-15-8-11-18(12-9-15)25(23,24)21-16-10-13-19(20-14-16)22(2)17-6-4-3-5-7-17/h3-14,21H,1-2H3. The summed E-state index contributed by atoms with van der Waals surface area (Å²) in [4.78, 5) is 6.50. The lowest BCUT2D eigenvalue weighted by molar-refractivity contribution is 0.601. The molecule has 1 N–H and O–H groups in total. The van der Waals surface area contributed by atoms with Crippen molar-refractivity contribution >= 4 is 27.2 Å². The van der Waals surface area contributed by atoms with E-state index in [1.54, 1.807) is 36.4 Å². The number of sulfonamides is 1. The maximum atomic E-state index is 12.4. The van der Waals surface area contributed by atoms with Crippen molar-refractivity contribution < 1.29 is 8.42 Å². The largest absolute Gasteiger partial charge is 0.329 e. The molecule has 25 heavy (non-hydrogen) atoms. The summed E-state index contributed by atoms with van der Waals surface area (Å²) in [6.07, 6.45) is 1.51. The SMILES string of the molecule is Cc1ccc(S(=O)(=O)Nc2ccc(N(C)c3ccccc3)nc2)cc1. The van der Waals surface area contributed by atoms with Crippen LogP contribution in [0.3, 0.4) is 0 Å². The van der Waals surface area contributed by atoms with Crippen LogP contribution in [-0.4, -0.2) is 20.4 Å². The maximum absolute atomic E-state index is 12.4. The molecule has 0 amide bonds. The number of hydrogen-bond donors (Lipinski definition) is 1. The topological polar surface area (TPSA) is 62.3 Å². The Morgan fingerprint density at radius 1 is 0.920 bits per heavy atom. The number of rotatable bonds is 5. The van der Waals surface area contributed by atoms with Gasteiger partial charge in [0.05, 0.1) is 16.8 Å². The van der Waals surface area contributed by atoms with Crippen LogP contribution in [0.4, 0.5) is 17.2 Å². The molecule has 0 unspecified atom stereocenters. The predicted molar refractivity (Wildman–Crippen MR) is 101 cm³/mol. The summed E-state index contributed by atoms with van der Waals surface area (Å²) >= 11 is 0. The van der Waals surface area contributed by atoms with Crippen molar-refractivity contribution in [2.45, 2.75) is 11.8 Å². The highest BCUT2D eigenvalue weighted by molar-refractivity contribution is 7.92. The van der Waals surface area contributed by atoms with E-state index in [0.29, 0.717) is 5.69 Å². The predicted octanol–water partition coefficient (Wildman–Crippen LogP) is 3.96. The number of benzene rings is 2. The van der Waals surface area contributed by atoms with E-state index in [2.05, 4.69) is 9.71 Å². The van der Waals surface area contributed by atoms with E-state index >= 15 is 0 Å². The first kappa shape index (κ1) is 17.0. The van der Waals surface area contributed by atoms with E-state index in [0.717, 1.165) is 17.1 Å². The van der Waals surface area contributed by atoms with Crippen LogP contribution in [0.15, 0.2) is 77.8 Å². The number of pyridine rings is 1. The molecule has 0 spiro atoms. The third-order valence-electron chi connectivity index (χ3n) is 3.82. The number of anilines is 3. The summed E-state index contributed by atoms with van der Waals surface area (Å²) in [7, 11) is -1.71. The van der Waals surface area contributed by atoms with Gasteiger partial charge >= 0.3 is 0 Å². The summed E-state index contributed by atoms with van der Waals surface area (Å²) in [5.74, 6) is 0.726. The molecular weight excluding hydrogens is 334 g/mol. The minimum absolute atomic E-state index is 0.226. The Balaban J connectivity index is 1.77. The van der Waals surface area contributed by atoms with Crippen LogP contribution in [0.2, 0.25) is 0 Å². The molecule has 0 bridgehead atoms. The van der Waals surface area contributed by atoms with Crippen molar-refractivity contribution in [3.05, 3.63) is 78.5 Å². The fourth-order valence-electron chi connectivity index (χ4n) is 2.36. The quantitative estimate of drug-likeness (QED) is 0.754.